The molecule has 0 unspecified atom stereocenters. The van der Waals surface area contributed by atoms with Crippen molar-refractivity contribution in [1.29, 1.82) is 0 Å². The molecule has 1 fully saturated rings. The third-order valence-electron chi connectivity index (χ3n) is 7.03. The molecule has 3 aromatic carbocycles. The monoisotopic (exact) mass is 526 g/mol. The zero-order valence-corrected chi connectivity index (χ0v) is 21.7. The minimum Gasteiger partial charge on any atom is -0.465 e. The first-order valence-corrected chi connectivity index (χ1v) is 13.5. The Bertz CT molecular complexity index is 1440. The average molecular weight is 527 g/mol. The number of ether oxygens (including phenoxy) is 2. The Balaban J connectivity index is 1.48. The lowest BCUT2D eigenvalue weighted by Gasteiger charge is -2.37. The van der Waals surface area contributed by atoms with Gasteiger partial charge in [0.2, 0.25) is 0 Å². The summed E-state index contributed by atoms with van der Waals surface area (Å²) < 4.78 is 40.1. The van der Waals surface area contributed by atoms with E-state index in [-0.39, 0.29) is 34.0 Å². The van der Waals surface area contributed by atoms with Crippen LogP contribution in [0.4, 0.5) is 11.4 Å². The molecule has 3 aromatic rings. The first-order chi connectivity index (χ1) is 17.2. The maximum atomic E-state index is 13.3. The quantitative estimate of drug-likeness (QED) is 0.409. The molecule has 9 heteroatoms. The maximum Gasteiger partial charge on any atom is 0.337 e. The Kier molecular flexibility index (Phi) is 6.44. The molecule has 5 rings (SSSR count). The van der Waals surface area contributed by atoms with Gasteiger partial charge in [0.15, 0.2) is 0 Å². The van der Waals surface area contributed by atoms with E-state index in [4.69, 9.17) is 21.1 Å². The predicted octanol–water partition coefficient (Wildman–Crippen LogP) is 5.79. The number of hydrogen-bond donors (Lipinski definition) is 2. The van der Waals surface area contributed by atoms with Gasteiger partial charge in [-0.2, -0.15) is 0 Å². The normalized spacial score (nSPS) is 20.7. The molecule has 1 saturated heterocycles. The van der Waals surface area contributed by atoms with E-state index in [9.17, 15) is 13.2 Å². The molecular formula is C27H27ClN2O5S. The number of halogens is 1. The number of hydrogen-bond acceptors (Lipinski definition) is 6. The molecule has 0 aliphatic carbocycles. The summed E-state index contributed by atoms with van der Waals surface area (Å²) in [5.41, 5.74) is 5.53. The van der Waals surface area contributed by atoms with Crippen LogP contribution in [0.2, 0.25) is 5.02 Å². The zero-order valence-electron chi connectivity index (χ0n) is 20.2. The number of methoxy groups -OCH3 is 1. The number of nitrogens with one attached hydrogen (secondary N) is 2. The fourth-order valence-electron chi connectivity index (χ4n) is 4.97. The number of rotatable bonds is 5. The van der Waals surface area contributed by atoms with Crippen molar-refractivity contribution in [3.8, 4) is 0 Å². The van der Waals surface area contributed by atoms with E-state index < -0.39 is 10.0 Å². The molecule has 36 heavy (non-hydrogen) atoms. The van der Waals surface area contributed by atoms with Crippen molar-refractivity contribution >= 4 is 39.0 Å². The second-order valence-electron chi connectivity index (χ2n) is 9.25. The minimum atomic E-state index is -3.93. The number of aryl methyl sites for hydroxylation is 2. The molecule has 2 N–H and O–H groups in total. The van der Waals surface area contributed by atoms with Crippen molar-refractivity contribution in [3.63, 3.8) is 0 Å². The Morgan fingerprint density at radius 2 is 1.83 bits per heavy atom. The van der Waals surface area contributed by atoms with Crippen LogP contribution in [0, 0.1) is 19.8 Å². The molecule has 2 aliphatic heterocycles. The largest absolute Gasteiger partial charge is 0.465 e. The highest BCUT2D eigenvalue weighted by atomic mass is 35.5. The first kappa shape index (κ1) is 24.6. The summed E-state index contributed by atoms with van der Waals surface area (Å²) >= 11 is 6.53. The Morgan fingerprint density at radius 3 is 2.53 bits per heavy atom. The summed E-state index contributed by atoms with van der Waals surface area (Å²) in [5, 5.41) is 3.65. The summed E-state index contributed by atoms with van der Waals surface area (Å²) in [6.07, 6.45) is 0.533. The zero-order chi connectivity index (χ0) is 25.6. The molecule has 0 radical (unpaired) electrons. The highest BCUT2D eigenvalue weighted by Gasteiger charge is 2.42. The molecule has 2 aliphatic rings. The molecule has 0 aromatic heterocycles. The van der Waals surface area contributed by atoms with Crippen LogP contribution < -0.4 is 10.0 Å². The standard InChI is InChI=1S/C27H27ClN2O5S/c1-15-4-9-19(12-16(15)2)30-36(32,33)24-13-21-23(14-22(24)28)29-25(20-10-11-35-26(20)21)17-5-7-18(8-6-17)27(31)34-3/h4-9,12-14,20,25-26,29-30H,10-11H2,1-3H3/t20-,25+,26-/m0/s1. The third-order valence-corrected chi connectivity index (χ3v) is 8.87. The average Bonchev–Trinajstić information content (AvgIpc) is 3.35. The smallest absolute Gasteiger partial charge is 0.337 e. The molecule has 7 nitrogen and oxygen atoms in total. The maximum absolute atomic E-state index is 13.3. The lowest BCUT2D eigenvalue weighted by atomic mass is 9.81. The van der Waals surface area contributed by atoms with Gasteiger partial charge in [0.25, 0.3) is 10.0 Å². The summed E-state index contributed by atoms with van der Waals surface area (Å²) in [6.45, 7) is 4.47. The van der Waals surface area contributed by atoms with Gasteiger partial charge in [-0.05, 0) is 73.4 Å². The second-order valence-corrected chi connectivity index (χ2v) is 11.3. The Hall–Kier alpha value is -3.07. The SMILES string of the molecule is COC(=O)c1ccc([C@H]2Nc3cc(Cl)c(S(=O)(=O)Nc4ccc(C)c(C)c4)cc3[C@H]3OCC[C@@H]23)cc1. The molecule has 3 atom stereocenters. The number of carbonyl (C=O) groups is 1. The summed E-state index contributed by atoms with van der Waals surface area (Å²) in [7, 11) is -2.57. The van der Waals surface area contributed by atoms with Crippen molar-refractivity contribution in [2.24, 2.45) is 5.92 Å². The number of carbonyl (C=O) groups excluding carboxylic acids is 1. The molecule has 188 valence electrons. The van der Waals surface area contributed by atoms with Gasteiger partial charge < -0.3 is 14.8 Å². The van der Waals surface area contributed by atoms with Crippen molar-refractivity contribution in [2.75, 3.05) is 23.8 Å². The molecule has 0 amide bonds. The van der Waals surface area contributed by atoms with E-state index in [1.807, 2.05) is 32.0 Å². The molecule has 0 bridgehead atoms. The number of esters is 1. The molecule has 2 heterocycles. The van der Waals surface area contributed by atoms with E-state index in [0.717, 1.165) is 34.4 Å². The van der Waals surface area contributed by atoms with Gasteiger partial charge >= 0.3 is 5.97 Å². The van der Waals surface area contributed by atoms with Gasteiger partial charge in [-0.3, -0.25) is 4.72 Å². The van der Waals surface area contributed by atoms with E-state index in [0.29, 0.717) is 17.9 Å². The van der Waals surface area contributed by atoms with Crippen LogP contribution in [0.1, 0.15) is 51.2 Å². The van der Waals surface area contributed by atoms with Crippen molar-refractivity contribution in [3.05, 3.63) is 87.4 Å². The number of fused-ring (bicyclic) bond motifs is 3. The number of benzene rings is 3. The van der Waals surface area contributed by atoms with Crippen LogP contribution in [0.15, 0.2) is 59.5 Å². The van der Waals surface area contributed by atoms with Crippen LogP contribution in [-0.4, -0.2) is 28.1 Å². The Morgan fingerprint density at radius 1 is 1.08 bits per heavy atom. The molecular weight excluding hydrogens is 500 g/mol. The van der Waals surface area contributed by atoms with Crippen LogP contribution in [0.25, 0.3) is 0 Å². The summed E-state index contributed by atoms with van der Waals surface area (Å²) in [4.78, 5) is 11.8. The minimum absolute atomic E-state index is 0.0121. The summed E-state index contributed by atoms with van der Waals surface area (Å²) in [5.74, 6) is -0.300. The van der Waals surface area contributed by atoms with E-state index >= 15 is 0 Å². The van der Waals surface area contributed by atoms with Crippen molar-refractivity contribution in [1.82, 2.24) is 0 Å². The third kappa shape index (κ3) is 4.45. The predicted molar refractivity (Wildman–Crippen MR) is 139 cm³/mol. The lowest BCUT2D eigenvalue weighted by Crippen LogP contribution is -2.29. The van der Waals surface area contributed by atoms with Gasteiger partial charge in [-0.25, -0.2) is 13.2 Å². The van der Waals surface area contributed by atoms with Gasteiger partial charge in [0.1, 0.15) is 4.90 Å². The molecule has 0 spiro atoms. The van der Waals surface area contributed by atoms with Gasteiger partial charge in [0, 0.05) is 29.5 Å². The topological polar surface area (TPSA) is 93.7 Å². The van der Waals surface area contributed by atoms with Gasteiger partial charge in [-0.1, -0.05) is 29.8 Å². The second kappa shape index (κ2) is 9.42. The highest BCUT2D eigenvalue weighted by molar-refractivity contribution is 7.92. The lowest BCUT2D eigenvalue weighted by molar-refractivity contribution is 0.0600. The highest BCUT2D eigenvalue weighted by Crippen LogP contribution is 2.51. The molecule has 0 saturated carbocycles. The van der Waals surface area contributed by atoms with Crippen LogP contribution >= 0.6 is 11.6 Å². The number of sulfonamides is 1. The van der Waals surface area contributed by atoms with E-state index in [2.05, 4.69) is 10.0 Å². The summed E-state index contributed by atoms with van der Waals surface area (Å²) in [6, 6.07) is 15.9. The van der Waals surface area contributed by atoms with Crippen LogP contribution in [-0.2, 0) is 19.5 Å². The fraction of sp³-hybridized carbons (Fsp3) is 0.296. The number of anilines is 2. The van der Waals surface area contributed by atoms with Crippen molar-refractivity contribution in [2.45, 2.75) is 37.3 Å². The Labute approximate surface area is 215 Å². The van der Waals surface area contributed by atoms with Gasteiger partial charge in [-0.15, -0.1) is 0 Å². The van der Waals surface area contributed by atoms with Gasteiger partial charge in [0.05, 0.1) is 29.8 Å². The first-order valence-electron chi connectivity index (χ1n) is 11.7. The fourth-order valence-corrected chi connectivity index (χ4v) is 6.58. The van der Waals surface area contributed by atoms with Crippen LogP contribution in [0.3, 0.4) is 0 Å². The van der Waals surface area contributed by atoms with E-state index in [1.165, 1.54) is 7.11 Å². The van der Waals surface area contributed by atoms with E-state index in [1.54, 1.807) is 36.4 Å². The van der Waals surface area contributed by atoms with Crippen molar-refractivity contribution < 1.29 is 22.7 Å². The van der Waals surface area contributed by atoms with Crippen LogP contribution in [0.5, 0.6) is 0 Å².